The van der Waals surface area contributed by atoms with E-state index in [-0.39, 0.29) is 11.8 Å². The molecule has 0 spiro atoms. The van der Waals surface area contributed by atoms with Crippen molar-refractivity contribution in [2.24, 2.45) is 0 Å². The molecule has 0 radical (unpaired) electrons. The van der Waals surface area contributed by atoms with Crippen LogP contribution in [-0.2, 0) is 0 Å². The van der Waals surface area contributed by atoms with Gasteiger partial charge in [-0.1, -0.05) is 13.8 Å². The van der Waals surface area contributed by atoms with Crippen LogP contribution in [0.2, 0.25) is 0 Å². The van der Waals surface area contributed by atoms with Crippen molar-refractivity contribution in [1.82, 2.24) is 20.2 Å². The molecule has 2 heterocycles. The smallest absolute Gasteiger partial charge is 0.270 e. The lowest BCUT2D eigenvalue weighted by Gasteiger charge is -2.14. The molecule has 2 rings (SSSR count). The molecule has 1 aliphatic heterocycles. The molecule has 1 saturated heterocycles. The van der Waals surface area contributed by atoms with Gasteiger partial charge < -0.3 is 10.2 Å². The molecule has 5 heteroatoms. The predicted molar refractivity (Wildman–Crippen MR) is 74.1 cm³/mol. The Morgan fingerprint density at radius 2 is 2.16 bits per heavy atom. The van der Waals surface area contributed by atoms with E-state index in [9.17, 15) is 4.79 Å². The quantitative estimate of drug-likeness (QED) is 0.872. The molecule has 19 heavy (non-hydrogen) atoms. The monoisotopic (exact) mass is 262 g/mol. The molecule has 1 aromatic rings. The molecule has 1 aliphatic rings. The Bertz CT molecular complexity index is 427. The van der Waals surface area contributed by atoms with Crippen LogP contribution in [0.4, 0.5) is 0 Å². The number of rotatable bonds is 5. The van der Waals surface area contributed by atoms with Crippen LogP contribution in [0.15, 0.2) is 12.3 Å². The molecule has 1 amide bonds. The summed E-state index contributed by atoms with van der Waals surface area (Å²) in [6.07, 6.45) is 4.20. The van der Waals surface area contributed by atoms with Crippen LogP contribution in [-0.4, -0.2) is 47.0 Å². The molecular weight excluding hydrogens is 240 g/mol. The summed E-state index contributed by atoms with van der Waals surface area (Å²) >= 11 is 0. The molecule has 1 aromatic heterocycles. The van der Waals surface area contributed by atoms with Gasteiger partial charge in [-0.15, -0.1) is 0 Å². The zero-order valence-corrected chi connectivity index (χ0v) is 11.7. The highest BCUT2D eigenvalue weighted by atomic mass is 16.1. The minimum atomic E-state index is -0.108. The van der Waals surface area contributed by atoms with Gasteiger partial charge in [0.05, 0.1) is 0 Å². The number of hydrogen-bond donors (Lipinski definition) is 1. The van der Waals surface area contributed by atoms with E-state index in [2.05, 4.69) is 20.2 Å². The maximum atomic E-state index is 12.0. The SMILES string of the molecule is CC(C)c1nccc(C(=O)NCCN2CCCC2)n1. The Kier molecular flexibility index (Phi) is 4.85. The van der Waals surface area contributed by atoms with Crippen molar-refractivity contribution in [2.45, 2.75) is 32.6 Å². The Labute approximate surface area is 114 Å². The molecular formula is C14H22N4O. The molecule has 0 saturated carbocycles. The number of nitrogens with one attached hydrogen (secondary N) is 1. The van der Waals surface area contributed by atoms with E-state index in [1.165, 1.54) is 12.8 Å². The van der Waals surface area contributed by atoms with Crippen LogP contribution in [0.3, 0.4) is 0 Å². The van der Waals surface area contributed by atoms with Crippen molar-refractivity contribution in [2.75, 3.05) is 26.2 Å². The Hall–Kier alpha value is -1.49. The lowest BCUT2D eigenvalue weighted by atomic mass is 10.2. The van der Waals surface area contributed by atoms with E-state index in [1.54, 1.807) is 12.3 Å². The van der Waals surface area contributed by atoms with E-state index in [1.807, 2.05) is 13.8 Å². The topological polar surface area (TPSA) is 58.1 Å². The first-order valence-corrected chi connectivity index (χ1v) is 7.00. The Morgan fingerprint density at radius 3 is 2.84 bits per heavy atom. The fraction of sp³-hybridized carbons (Fsp3) is 0.643. The molecule has 1 fully saturated rings. The van der Waals surface area contributed by atoms with Crippen LogP contribution in [0.25, 0.3) is 0 Å². The summed E-state index contributed by atoms with van der Waals surface area (Å²) in [4.78, 5) is 22.8. The molecule has 0 aliphatic carbocycles. The number of carbonyl (C=O) groups excluding carboxylic acids is 1. The fourth-order valence-corrected chi connectivity index (χ4v) is 2.20. The van der Waals surface area contributed by atoms with Gasteiger partial charge in [0, 0.05) is 25.2 Å². The van der Waals surface area contributed by atoms with Crippen molar-refractivity contribution in [3.63, 3.8) is 0 Å². The number of nitrogens with zero attached hydrogens (tertiary/aromatic N) is 3. The van der Waals surface area contributed by atoms with E-state index in [4.69, 9.17) is 0 Å². The largest absolute Gasteiger partial charge is 0.349 e. The summed E-state index contributed by atoms with van der Waals surface area (Å²) in [5.41, 5.74) is 0.458. The number of hydrogen-bond acceptors (Lipinski definition) is 4. The summed E-state index contributed by atoms with van der Waals surface area (Å²) in [5, 5.41) is 2.92. The van der Waals surface area contributed by atoms with Gasteiger partial charge in [-0.2, -0.15) is 0 Å². The van der Waals surface area contributed by atoms with Crippen molar-refractivity contribution < 1.29 is 4.79 Å². The summed E-state index contributed by atoms with van der Waals surface area (Å²) in [6.45, 7) is 7.95. The number of carbonyl (C=O) groups is 1. The molecule has 104 valence electrons. The van der Waals surface area contributed by atoms with Crippen LogP contribution in [0.1, 0.15) is 48.9 Å². The van der Waals surface area contributed by atoms with Gasteiger partial charge in [0.1, 0.15) is 11.5 Å². The second-order valence-electron chi connectivity index (χ2n) is 5.26. The Morgan fingerprint density at radius 1 is 1.42 bits per heavy atom. The van der Waals surface area contributed by atoms with E-state index >= 15 is 0 Å². The summed E-state index contributed by atoms with van der Waals surface area (Å²) in [5.74, 6) is 0.841. The van der Waals surface area contributed by atoms with E-state index in [0.29, 0.717) is 18.1 Å². The first kappa shape index (κ1) is 13.9. The Balaban J connectivity index is 1.83. The van der Waals surface area contributed by atoms with E-state index in [0.717, 1.165) is 19.6 Å². The zero-order valence-electron chi connectivity index (χ0n) is 11.7. The fourth-order valence-electron chi connectivity index (χ4n) is 2.20. The maximum Gasteiger partial charge on any atom is 0.270 e. The second-order valence-corrected chi connectivity index (χ2v) is 5.26. The summed E-state index contributed by atoms with van der Waals surface area (Å²) < 4.78 is 0. The van der Waals surface area contributed by atoms with Gasteiger partial charge in [-0.25, -0.2) is 9.97 Å². The molecule has 0 atom stereocenters. The predicted octanol–water partition coefficient (Wildman–Crippen LogP) is 1.43. The molecule has 5 nitrogen and oxygen atoms in total. The van der Waals surface area contributed by atoms with Crippen LogP contribution >= 0.6 is 0 Å². The second kappa shape index (κ2) is 6.61. The highest BCUT2D eigenvalue weighted by Gasteiger charge is 2.13. The van der Waals surface area contributed by atoms with Crippen LogP contribution < -0.4 is 5.32 Å². The summed E-state index contributed by atoms with van der Waals surface area (Å²) in [6, 6.07) is 1.66. The normalized spacial score (nSPS) is 15.9. The number of likely N-dealkylation sites (tertiary alicyclic amines) is 1. The third-order valence-electron chi connectivity index (χ3n) is 3.34. The lowest BCUT2D eigenvalue weighted by molar-refractivity contribution is 0.0944. The van der Waals surface area contributed by atoms with Crippen molar-refractivity contribution >= 4 is 5.91 Å². The summed E-state index contributed by atoms with van der Waals surface area (Å²) in [7, 11) is 0. The van der Waals surface area contributed by atoms with Crippen molar-refractivity contribution in [3.05, 3.63) is 23.8 Å². The van der Waals surface area contributed by atoms with Crippen molar-refractivity contribution in [1.29, 1.82) is 0 Å². The zero-order chi connectivity index (χ0) is 13.7. The average molecular weight is 262 g/mol. The van der Waals surface area contributed by atoms with Gasteiger partial charge in [0.2, 0.25) is 0 Å². The van der Waals surface area contributed by atoms with Crippen LogP contribution in [0.5, 0.6) is 0 Å². The first-order chi connectivity index (χ1) is 9.16. The van der Waals surface area contributed by atoms with Crippen LogP contribution in [0, 0.1) is 0 Å². The first-order valence-electron chi connectivity index (χ1n) is 7.00. The van der Waals surface area contributed by atoms with Crippen molar-refractivity contribution in [3.8, 4) is 0 Å². The standard InChI is InChI=1S/C14H22N4O/c1-11(2)13-15-6-5-12(17-13)14(19)16-7-10-18-8-3-4-9-18/h5-6,11H,3-4,7-10H2,1-2H3,(H,16,19). The van der Waals surface area contributed by atoms with E-state index < -0.39 is 0 Å². The average Bonchev–Trinajstić information content (AvgIpc) is 2.92. The number of amides is 1. The molecule has 0 unspecified atom stereocenters. The van der Waals surface area contributed by atoms with Gasteiger partial charge in [0.25, 0.3) is 5.91 Å². The number of aromatic nitrogens is 2. The van der Waals surface area contributed by atoms with Gasteiger partial charge >= 0.3 is 0 Å². The highest BCUT2D eigenvalue weighted by molar-refractivity contribution is 5.92. The molecule has 1 N–H and O–H groups in total. The third kappa shape index (κ3) is 3.99. The van der Waals surface area contributed by atoms with Gasteiger partial charge in [0.15, 0.2) is 0 Å². The minimum absolute atomic E-state index is 0.108. The van der Waals surface area contributed by atoms with Gasteiger partial charge in [-0.3, -0.25) is 4.79 Å². The minimum Gasteiger partial charge on any atom is -0.349 e. The highest BCUT2D eigenvalue weighted by Crippen LogP contribution is 2.08. The molecule has 0 bridgehead atoms. The third-order valence-corrected chi connectivity index (χ3v) is 3.34. The van der Waals surface area contributed by atoms with Gasteiger partial charge in [-0.05, 0) is 32.0 Å². The lowest BCUT2D eigenvalue weighted by Crippen LogP contribution is -2.34. The maximum absolute atomic E-state index is 12.0. The molecule has 0 aromatic carbocycles.